The Morgan fingerprint density at radius 3 is 1.55 bits per heavy atom. The number of fused-ring (bicyclic) bond motifs is 10. The molecule has 0 fully saturated rings. The standard InChI is InChI=1S/C49H29N3S/c1-2-13-34-30(11-1)12-9-20-41(34)49-51-47(32-25-23-31(24-26-32)35-19-10-22-45-46(35)42-18-7-8-21-44(42)53-45)50-48(52-49)33-27-28-40-38-16-4-3-14-36(38)37-15-5-6-17-39(37)43(40)29-33/h1-29H. The molecule has 0 unspecified atom stereocenters. The monoisotopic (exact) mass is 691 g/mol. The van der Waals surface area contributed by atoms with E-state index in [1.807, 2.05) is 11.3 Å². The van der Waals surface area contributed by atoms with Gasteiger partial charge in [0.05, 0.1) is 0 Å². The molecule has 0 N–H and O–H groups in total. The SMILES string of the molecule is c1ccc2c(-c3nc(-c4ccc(-c5cccc6sc7ccccc7c56)cc4)nc(-c4ccc5c6ccccc6c6ccccc6c5c4)n3)cccc2c1. The summed E-state index contributed by atoms with van der Waals surface area (Å²) in [6.45, 7) is 0. The quantitative estimate of drug-likeness (QED) is 0.172. The highest BCUT2D eigenvalue weighted by Crippen LogP contribution is 2.41. The van der Waals surface area contributed by atoms with Crippen molar-refractivity contribution < 1.29 is 0 Å². The van der Waals surface area contributed by atoms with Gasteiger partial charge in [-0.25, -0.2) is 15.0 Å². The van der Waals surface area contributed by atoms with Gasteiger partial charge in [0.15, 0.2) is 17.5 Å². The minimum absolute atomic E-state index is 0.646. The number of benzene rings is 9. The molecule has 0 atom stereocenters. The van der Waals surface area contributed by atoms with Crippen molar-refractivity contribution in [2.24, 2.45) is 0 Å². The van der Waals surface area contributed by atoms with Crippen LogP contribution in [-0.2, 0) is 0 Å². The van der Waals surface area contributed by atoms with E-state index in [-0.39, 0.29) is 0 Å². The van der Waals surface area contributed by atoms with E-state index >= 15 is 0 Å². The number of nitrogens with zero attached hydrogens (tertiary/aromatic N) is 3. The predicted molar refractivity (Wildman–Crippen MR) is 224 cm³/mol. The minimum atomic E-state index is 0.646. The van der Waals surface area contributed by atoms with Gasteiger partial charge in [0.25, 0.3) is 0 Å². The molecular formula is C49H29N3S. The van der Waals surface area contributed by atoms with E-state index in [4.69, 9.17) is 15.0 Å². The second-order valence-electron chi connectivity index (χ2n) is 13.5. The smallest absolute Gasteiger partial charge is 0.164 e. The molecule has 0 aliphatic rings. The van der Waals surface area contributed by atoms with Crippen LogP contribution in [0.4, 0.5) is 0 Å². The van der Waals surface area contributed by atoms with Crippen LogP contribution in [0.2, 0.25) is 0 Å². The van der Waals surface area contributed by atoms with Gasteiger partial charge < -0.3 is 0 Å². The van der Waals surface area contributed by atoms with Gasteiger partial charge in [-0.1, -0.05) is 158 Å². The Kier molecular flexibility index (Phi) is 6.73. The molecule has 0 bridgehead atoms. The van der Waals surface area contributed by atoms with E-state index in [9.17, 15) is 0 Å². The molecule has 53 heavy (non-hydrogen) atoms. The molecule has 0 saturated heterocycles. The summed E-state index contributed by atoms with van der Waals surface area (Å²) in [5.74, 6) is 1.95. The van der Waals surface area contributed by atoms with Gasteiger partial charge >= 0.3 is 0 Å². The Morgan fingerprint density at radius 1 is 0.302 bits per heavy atom. The maximum Gasteiger partial charge on any atom is 0.164 e. The molecule has 0 saturated carbocycles. The lowest BCUT2D eigenvalue weighted by atomic mass is 9.93. The largest absolute Gasteiger partial charge is 0.208 e. The summed E-state index contributed by atoms with van der Waals surface area (Å²) in [5.41, 5.74) is 5.28. The highest BCUT2D eigenvalue weighted by atomic mass is 32.1. The average molecular weight is 692 g/mol. The van der Waals surface area contributed by atoms with Gasteiger partial charge in [-0.2, -0.15) is 0 Å². The number of hydrogen-bond donors (Lipinski definition) is 0. The van der Waals surface area contributed by atoms with Crippen LogP contribution in [0.3, 0.4) is 0 Å². The molecule has 2 heterocycles. The van der Waals surface area contributed by atoms with Crippen molar-refractivity contribution in [3.05, 3.63) is 176 Å². The Morgan fingerprint density at radius 2 is 0.792 bits per heavy atom. The molecule has 0 spiro atoms. The normalized spacial score (nSPS) is 11.8. The van der Waals surface area contributed by atoms with Crippen LogP contribution >= 0.6 is 11.3 Å². The minimum Gasteiger partial charge on any atom is -0.208 e. The summed E-state index contributed by atoms with van der Waals surface area (Å²) >= 11 is 1.84. The molecule has 9 aromatic carbocycles. The summed E-state index contributed by atoms with van der Waals surface area (Å²) < 4.78 is 2.60. The zero-order valence-corrected chi connectivity index (χ0v) is 29.3. The lowest BCUT2D eigenvalue weighted by Crippen LogP contribution is -2.00. The topological polar surface area (TPSA) is 38.7 Å². The second kappa shape index (κ2) is 11.9. The zero-order valence-electron chi connectivity index (χ0n) is 28.5. The van der Waals surface area contributed by atoms with Crippen molar-refractivity contribution >= 4 is 74.6 Å². The van der Waals surface area contributed by atoms with Crippen LogP contribution in [0.5, 0.6) is 0 Å². The molecule has 0 radical (unpaired) electrons. The van der Waals surface area contributed by atoms with Gasteiger partial charge in [-0.15, -0.1) is 11.3 Å². The van der Waals surface area contributed by atoms with Crippen LogP contribution in [0, 0.1) is 0 Å². The van der Waals surface area contributed by atoms with E-state index in [1.165, 1.54) is 63.6 Å². The highest BCUT2D eigenvalue weighted by Gasteiger charge is 2.17. The Balaban J connectivity index is 1.10. The maximum atomic E-state index is 5.20. The van der Waals surface area contributed by atoms with Gasteiger partial charge in [-0.3, -0.25) is 0 Å². The van der Waals surface area contributed by atoms with Crippen LogP contribution in [0.1, 0.15) is 0 Å². The second-order valence-corrected chi connectivity index (χ2v) is 14.6. The van der Waals surface area contributed by atoms with Crippen molar-refractivity contribution in [3.8, 4) is 45.3 Å². The van der Waals surface area contributed by atoms with Crippen molar-refractivity contribution in [2.75, 3.05) is 0 Å². The van der Waals surface area contributed by atoms with Crippen molar-refractivity contribution in [2.45, 2.75) is 0 Å². The van der Waals surface area contributed by atoms with Gasteiger partial charge in [0, 0.05) is 36.9 Å². The van der Waals surface area contributed by atoms with Crippen LogP contribution in [0.15, 0.2) is 176 Å². The van der Waals surface area contributed by atoms with E-state index in [0.717, 1.165) is 27.5 Å². The van der Waals surface area contributed by atoms with E-state index in [2.05, 4.69) is 176 Å². The molecule has 0 aliphatic heterocycles. The third-order valence-corrected chi connectivity index (χ3v) is 11.7. The van der Waals surface area contributed by atoms with E-state index in [1.54, 1.807) is 0 Å². The molecule has 0 aliphatic carbocycles. The number of hydrogen-bond acceptors (Lipinski definition) is 4. The van der Waals surface area contributed by atoms with Gasteiger partial charge in [0.2, 0.25) is 0 Å². The molecule has 246 valence electrons. The third-order valence-electron chi connectivity index (χ3n) is 10.5. The first-order valence-corrected chi connectivity index (χ1v) is 18.7. The van der Waals surface area contributed by atoms with E-state index < -0.39 is 0 Å². The summed E-state index contributed by atoms with van der Waals surface area (Å²) in [4.78, 5) is 15.6. The van der Waals surface area contributed by atoms with Crippen molar-refractivity contribution in [1.29, 1.82) is 0 Å². The molecule has 11 aromatic rings. The maximum absolute atomic E-state index is 5.20. The zero-order chi connectivity index (χ0) is 34.9. The Bertz CT molecular complexity index is 3190. The van der Waals surface area contributed by atoms with Crippen molar-refractivity contribution in [3.63, 3.8) is 0 Å². The first-order chi connectivity index (χ1) is 26.3. The molecule has 3 nitrogen and oxygen atoms in total. The average Bonchev–Trinajstić information content (AvgIpc) is 3.62. The summed E-state index contributed by atoms with van der Waals surface area (Å²) in [6, 6.07) is 62.7. The third kappa shape index (κ3) is 4.84. The van der Waals surface area contributed by atoms with Crippen LogP contribution < -0.4 is 0 Å². The fourth-order valence-corrected chi connectivity index (χ4v) is 9.17. The number of rotatable bonds is 4. The Hall–Kier alpha value is -6.75. The van der Waals surface area contributed by atoms with Crippen molar-refractivity contribution in [1.82, 2.24) is 15.0 Å². The van der Waals surface area contributed by atoms with Crippen LogP contribution in [0.25, 0.3) is 109 Å². The first-order valence-electron chi connectivity index (χ1n) is 17.9. The summed E-state index contributed by atoms with van der Waals surface area (Å²) in [7, 11) is 0. The fraction of sp³-hybridized carbons (Fsp3) is 0. The van der Waals surface area contributed by atoms with Crippen LogP contribution in [-0.4, -0.2) is 15.0 Å². The number of aromatic nitrogens is 3. The molecular weight excluding hydrogens is 663 g/mol. The fourth-order valence-electron chi connectivity index (χ4n) is 8.04. The molecule has 2 aromatic heterocycles. The predicted octanol–water partition coefficient (Wildman–Crippen LogP) is 13.5. The summed E-state index contributed by atoms with van der Waals surface area (Å²) in [5, 5.41) is 12.2. The lowest BCUT2D eigenvalue weighted by molar-refractivity contribution is 1.08. The Labute approximate surface area is 309 Å². The number of thiophene rings is 1. The van der Waals surface area contributed by atoms with E-state index in [0.29, 0.717) is 17.5 Å². The van der Waals surface area contributed by atoms with Gasteiger partial charge in [0.1, 0.15) is 0 Å². The highest BCUT2D eigenvalue weighted by molar-refractivity contribution is 7.25. The van der Waals surface area contributed by atoms with Gasteiger partial charge in [-0.05, 0) is 72.4 Å². The first kappa shape index (κ1) is 29.9. The molecule has 11 rings (SSSR count). The summed E-state index contributed by atoms with van der Waals surface area (Å²) in [6.07, 6.45) is 0. The molecule has 0 amide bonds. The molecule has 4 heteroatoms. The lowest BCUT2D eigenvalue weighted by Gasteiger charge is -2.13.